The van der Waals surface area contributed by atoms with Gasteiger partial charge in [0, 0.05) is 27.2 Å². The van der Waals surface area contributed by atoms with Crippen LogP contribution in [-0.2, 0) is 14.3 Å². The van der Waals surface area contributed by atoms with Gasteiger partial charge in [0.2, 0.25) is 0 Å². The highest BCUT2D eigenvalue weighted by Gasteiger charge is 2.43. The second-order valence-electron chi connectivity index (χ2n) is 8.16. The van der Waals surface area contributed by atoms with Gasteiger partial charge in [-0.15, -0.1) is 0 Å². The Bertz CT molecular complexity index is 1540. The summed E-state index contributed by atoms with van der Waals surface area (Å²) in [6.07, 6.45) is 2.62. The third kappa shape index (κ3) is 6.37. The number of nitro groups is 1. The number of benzene rings is 3. The van der Waals surface area contributed by atoms with Gasteiger partial charge >= 0.3 is 5.97 Å². The minimum absolute atomic E-state index is 0.0463. The number of nitrogens with zero attached hydrogens (tertiary/aromatic N) is 2. The summed E-state index contributed by atoms with van der Waals surface area (Å²) in [5.41, 5.74) is 0.483. The molecular weight excluding hydrogens is 603 g/mol. The third-order valence-corrected chi connectivity index (χ3v) is 7.58. The Hall–Kier alpha value is -3.70. The van der Waals surface area contributed by atoms with Gasteiger partial charge in [0.25, 0.3) is 11.6 Å². The zero-order valence-corrected chi connectivity index (χ0v) is 23.6. The van der Waals surface area contributed by atoms with Crippen molar-refractivity contribution in [2.75, 3.05) is 18.6 Å². The van der Waals surface area contributed by atoms with E-state index in [0.717, 1.165) is 11.8 Å². The average Bonchev–Trinajstić information content (AvgIpc) is 3.17. The summed E-state index contributed by atoms with van der Waals surface area (Å²) in [6, 6.07) is 14.4. The maximum absolute atomic E-state index is 13.6. The Morgan fingerprint density at radius 2 is 1.73 bits per heavy atom. The molecule has 1 N–H and O–H groups in total. The van der Waals surface area contributed by atoms with Crippen molar-refractivity contribution in [2.24, 2.45) is 0 Å². The lowest BCUT2D eigenvalue weighted by atomic mass is 10.1. The van der Waals surface area contributed by atoms with Crippen molar-refractivity contribution in [3.63, 3.8) is 0 Å². The molecule has 0 spiro atoms. The van der Waals surface area contributed by atoms with Crippen molar-refractivity contribution in [1.82, 2.24) is 0 Å². The lowest BCUT2D eigenvalue weighted by Crippen LogP contribution is -2.30. The summed E-state index contributed by atoms with van der Waals surface area (Å²) >= 11 is 19.2. The predicted octanol–water partition coefficient (Wildman–Crippen LogP) is 7.31. The standard InChI is InChI=1S/C27H19Cl3N2O7S/c1-38-23(33)3-2-12-39-21-10-8-17(29)13-19(21)31-24(15-4-6-16(28)7-5-15)26(25(34)27(31)35)40-22-11-9-18(30)14-20(22)32(36)37/h2-11,13-14,24,34H,12H2,1H3/b3-2+. The smallest absolute Gasteiger partial charge is 0.330 e. The number of nitro benzene ring substituents is 1. The van der Waals surface area contributed by atoms with E-state index in [2.05, 4.69) is 4.74 Å². The van der Waals surface area contributed by atoms with Crippen LogP contribution in [0.2, 0.25) is 15.1 Å². The van der Waals surface area contributed by atoms with E-state index < -0.39 is 28.6 Å². The van der Waals surface area contributed by atoms with Gasteiger partial charge in [0.15, 0.2) is 5.76 Å². The van der Waals surface area contributed by atoms with E-state index in [1.54, 1.807) is 36.4 Å². The van der Waals surface area contributed by atoms with Crippen molar-refractivity contribution in [2.45, 2.75) is 10.9 Å². The minimum atomic E-state index is -0.934. The Kier molecular flexibility index (Phi) is 9.26. The fraction of sp³-hybridized carbons (Fsp3) is 0.111. The molecule has 0 bridgehead atoms. The summed E-state index contributed by atoms with van der Waals surface area (Å²) in [5.74, 6) is -1.73. The van der Waals surface area contributed by atoms with E-state index in [1.165, 1.54) is 48.4 Å². The fourth-order valence-electron chi connectivity index (χ4n) is 3.87. The molecular formula is C27H19Cl3N2O7S. The number of hydrogen-bond acceptors (Lipinski definition) is 8. The van der Waals surface area contributed by atoms with Crippen molar-refractivity contribution in [3.8, 4) is 5.75 Å². The highest BCUT2D eigenvalue weighted by Crippen LogP contribution is 2.51. The predicted molar refractivity (Wildman–Crippen MR) is 153 cm³/mol. The van der Waals surface area contributed by atoms with Gasteiger partial charge in [-0.25, -0.2) is 4.79 Å². The summed E-state index contributed by atoms with van der Waals surface area (Å²) in [7, 11) is 1.24. The van der Waals surface area contributed by atoms with Gasteiger partial charge in [-0.3, -0.25) is 19.8 Å². The Morgan fingerprint density at radius 3 is 2.40 bits per heavy atom. The van der Waals surface area contributed by atoms with Crippen LogP contribution >= 0.6 is 46.6 Å². The summed E-state index contributed by atoms with van der Waals surface area (Å²) in [4.78, 5) is 37.7. The molecule has 1 heterocycles. The normalized spacial score (nSPS) is 15.2. The number of carbonyl (C=O) groups is 2. The van der Waals surface area contributed by atoms with Crippen molar-refractivity contribution >= 4 is 69.8 Å². The van der Waals surface area contributed by atoms with Crippen LogP contribution in [0.25, 0.3) is 0 Å². The zero-order valence-electron chi connectivity index (χ0n) is 20.5. The number of carbonyl (C=O) groups excluding carboxylic acids is 2. The number of aliphatic hydroxyl groups excluding tert-OH is 1. The van der Waals surface area contributed by atoms with Crippen molar-refractivity contribution in [1.29, 1.82) is 0 Å². The number of halogens is 3. The molecule has 3 aromatic rings. The molecule has 13 heteroatoms. The van der Waals surface area contributed by atoms with Crippen molar-refractivity contribution in [3.05, 3.63) is 114 Å². The monoisotopic (exact) mass is 620 g/mol. The number of methoxy groups -OCH3 is 1. The molecule has 206 valence electrons. The molecule has 1 amide bonds. The zero-order chi connectivity index (χ0) is 29.0. The van der Waals surface area contributed by atoms with E-state index in [-0.39, 0.29) is 43.6 Å². The van der Waals surface area contributed by atoms with Gasteiger partial charge in [-0.05, 0) is 54.1 Å². The molecule has 9 nitrogen and oxygen atoms in total. The second-order valence-corrected chi connectivity index (χ2v) is 10.6. The second kappa shape index (κ2) is 12.6. The average molecular weight is 622 g/mol. The molecule has 40 heavy (non-hydrogen) atoms. The van der Waals surface area contributed by atoms with Crippen LogP contribution in [0.3, 0.4) is 0 Å². The SMILES string of the molecule is COC(=O)/C=C/COc1ccc(Cl)cc1N1C(=O)C(O)=C(Sc2ccc(Cl)cc2[N+](=O)[O-])C1c1ccc(Cl)cc1. The third-order valence-electron chi connectivity index (χ3n) is 5.66. The lowest BCUT2D eigenvalue weighted by Gasteiger charge is -2.28. The number of ether oxygens (including phenoxy) is 2. The molecule has 1 unspecified atom stereocenters. The van der Waals surface area contributed by atoms with E-state index in [4.69, 9.17) is 39.5 Å². The Balaban J connectivity index is 1.81. The van der Waals surface area contributed by atoms with Crippen LogP contribution in [0.4, 0.5) is 11.4 Å². The van der Waals surface area contributed by atoms with Gasteiger partial charge in [-0.2, -0.15) is 0 Å². The quantitative estimate of drug-likeness (QED) is 0.114. The lowest BCUT2D eigenvalue weighted by molar-refractivity contribution is -0.387. The Morgan fingerprint density at radius 1 is 1.07 bits per heavy atom. The molecule has 0 saturated heterocycles. The first-order valence-electron chi connectivity index (χ1n) is 11.4. The van der Waals surface area contributed by atoms with Crippen LogP contribution in [0, 0.1) is 10.1 Å². The molecule has 4 rings (SSSR count). The van der Waals surface area contributed by atoms with E-state index in [1.807, 2.05) is 0 Å². The number of hydrogen-bond donors (Lipinski definition) is 1. The summed E-state index contributed by atoms with van der Waals surface area (Å²) in [6.45, 7) is -0.0463. The first-order valence-corrected chi connectivity index (χ1v) is 13.4. The maximum atomic E-state index is 13.6. The van der Waals surface area contributed by atoms with Crippen LogP contribution in [0.15, 0.2) is 88.4 Å². The number of thioether (sulfide) groups is 1. The number of anilines is 1. The topological polar surface area (TPSA) is 119 Å². The van der Waals surface area contributed by atoms with Crippen LogP contribution in [-0.4, -0.2) is 35.6 Å². The van der Waals surface area contributed by atoms with E-state index in [9.17, 15) is 24.8 Å². The van der Waals surface area contributed by atoms with Crippen molar-refractivity contribution < 1.29 is 29.1 Å². The van der Waals surface area contributed by atoms with E-state index in [0.29, 0.717) is 10.6 Å². The first-order chi connectivity index (χ1) is 19.1. The number of amides is 1. The van der Waals surface area contributed by atoms with Crippen LogP contribution in [0.5, 0.6) is 5.75 Å². The molecule has 0 aromatic heterocycles. The number of rotatable bonds is 9. The number of esters is 1. The molecule has 0 fully saturated rings. The number of aliphatic hydroxyl groups is 1. The Labute approximate surface area is 247 Å². The molecule has 0 radical (unpaired) electrons. The van der Waals surface area contributed by atoms with Gasteiger partial charge in [0.1, 0.15) is 12.4 Å². The highest BCUT2D eigenvalue weighted by atomic mass is 35.5. The molecule has 1 aliphatic rings. The van der Waals surface area contributed by atoms with Crippen LogP contribution < -0.4 is 9.64 Å². The van der Waals surface area contributed by atoms with E-state index >= 15 is 0 Å². The molecule has 1 atom stereocenters. The van der Waals surface area contributed by atoms with Gasteiger partial charge in [0.05, 0.1) is 33.6 Å². The molecule has 0 aliphatic carbocycles. The molecule has 1 aliphatic heterocycles. The van der Waals surface area contributed by atoms with Gasteiger partial charge < -0.3 is 14.6 Å². The maximum Gasteiger partial charge on any atom is 0.330 e. The highest BCUT2D eigenvalue weighted by molar-refractivity contribution is 8.03. The summed E-state index contributed by atoms with van der Waals surface area (Å²) in [5, 5.41) is 23.7. The largest absolute Gasteiger partial charge is 0.502 e. The minimum Gasteiger partial charge on any atom is -0.502 e. The molecule has 3 aromatic carbocycles. The molecule has 0 saturated carbocycles. The summed E-state index contributed by atoms with van der Waals surface area (Å²) < 4.78 is 10.4. The first kappa shape index (κ1) is 29.3. The van der Waals surface area contributed by atoms with Gasteiger partial charge in [-0.1, -0.05) is 58.7 Å². The van der Waals surface area contributed by atoms with Crippen LogP contribution in [0.1, 0.15) is 11.6 Å². The fourth-order valence-corrected chi connectivity index (χ4v) is 5.48.